The third-order valence-electron chi connectivity index (χ3n) is 4.14. The Balaban J connectivity index is 2.01. The number of thioether (sulfide) groups is 1. The first-order chi connectivity index (χ1) is 13.5. The van der Waals surface area contributed by atoms with E-state index in [1.165, 1.54) is 23.8 Å². The maximum atomic E-state index is 13.1. The highest BCUT2D eigenvalue weighted by Gasteiger charge is 2.35. The van der Waals surface area contributed by atoms with E-state index >= 15 is 0 Å². The van der Waals surface area contributed by atoms with Crippen LogP contribution >= 0.6 is 24.0 Å². The molecule has 1 amide bonds. The maximum Gasteiger partial charge on any atom is 0.270 e. The van der Waals surface area contributed by atoms with E-state index in [0.29, 0.717) is 37.9 Å². The third-order valence-corrected chi connectivity index (χ3v) is 5.44. The van der Waals surface area contributed by atoms with E-state index in [4.69, 9.17) is 31.2 Å². The van der Waals surface area contributed by atoms with Crippen molar-refractivity contribution in [3.8, 4) is 23.0 Å². The molecule has 0 saturated carbocycles. The summed E-state index contributed by atoms with van der Waals surface area (Å²) in [5.41, 5.74) is 1.29. The molecule has 0 aromatic heterocycles. The van der Waals surface area contributed by atoms with E-state index in [1.54, 1.807) is 51.7 Å². The lowest BCUT2D eigenvalue weighted by atomic mass is 10.1. The molecule has 0 spiro atoms. The molecular weight excluding hydrogens is 398 g/mol. The fraction of sp³-hybridized carbons (Fsp3) is 0.200. The molecule has 0 bridgehead atoms. The Kier molecular flexibility index (Phi) is 6.11. The summed E-state index contributed by atoms with van der Waals surface area (Å²) < 4.78 is 21.8. The van der Waals surface area contributed by atoms with Crippen molar-refractivity contribution in [2.24, 2.45) is 0 Å². The lowest BCUT2D eigenvalue weighted by Crippen LogP contribution is -2.27. The molecule has 0 radical (unpaired) electrons. The van der Waals surface area contributed by atoms with Gasteiger partial charge in [-0.3, -0.25) is 9.69 Å². The van der Waals surface area contributed by atoms with E-state index in [-0.39, 0.29) is 5.91 Å². The number of nitrogens with zero attached hydrogens (tertiary/aromatic N) is 1. The van der Waals surface area contributed by atoms with Crippen molar-refractivity contribution in [3.05, 3.63) is 46.9 Å². The SMILES string of the molecule is COc1ccc(N2C(=O)C(=Cc3cccc(OC)c3OC)SC2=S)c(OC)c1. The van der Waals surface area contributed by atoms with Gasteiger partial charge in [-0.25, -0.2) is 0 Å². The largest absolute Gasteiger partial charge is 0.497 e. The maximum absolute atomic E-state index is 13.1. The van der Waals surface area contributed by atoms with Crippen LogP contribution in [0.25, 0.3) is 6.08 Å². The highest BCUT2D eigenvalue weighted by molar-refractivity contribution is 8.27. The molecule has 2 aromatic carbocycles. The van der Waals surface area contributed by atoms with Gasteiger partial charge in [0.25, 0.3) is 5.91 Å². The van der Waals surface area contributed by atoms with Gasteiger partial charge in [0.2, 0.25) is 0 Å². The number of anilines is 1. The molecule has 8 heteroatoms. The van der Waals surface area contributed by atoms with Gasteiger partial charge in [0.05, 0.1) is 39.0 Å². The van der Waals surface area contributed by atoms with Crippen molar-refractivity contribution in [3.63, 3.8) is 0 Å². The van der Waals surface area contributed by atoms with Crippen LogP contribution in [0.15, 0.2) is 41.3 Å². The van der Waals surface area contributed by atoms with Gasteiger partial charge >= 0.3 is 0 Å². The van der Waals surface area contributed by atoms with Crippen LogP contribution in [0.4, 0.5) is 5.69 Å². The Morgan fingerprint density at radius 1 is 0.964 bits per heavy atom. The summed E-state index contributed by atoms with van der Waals surface area (Å²) in [5.74, 6) is 2.03. The molecule has 0 unspecified atom stereocenters. The first kappa shape index (κ1) is 20.0. The van der Waals surface area contributed by atoms with Crippen LogP contribution in [0.2, 0.25) is 0 Å². The van der Waals surface area contributed by atoms with E-state index in [9.17, 15) is 4.79 Å². The Hall–Kier alpha value is -2.71. The molecule has 28 heavy (non-hydrogen) atoms. The average Bonchev–Trinajstić information content (AvgIpc) is 3.00. The van der Waals surface area contributed by atoms with Gasteiger partial charge in [-0.05, 0) is 24.3 Å². The number of methoxy groups -OCH3 is 4. The van der Waals surface area contributed by atoms with Crippen LogP contribution in [-0.4, -0.2) is 38.7 Å². The molecule has 0 N–H and O–H groups in total. The summed E-state index contributed by atoms with van der Waals surface area (Å²) in [7, 11) is 6.23. The van der Waals surface area contributed by atoms with E-state index < -0.39 is 0 Å². The van der Waals surface area contributed by atoms with E-state index in [1.807, 2.05) is 12.1 Å². The lowest BCUT2D eigenvalue weighted by molar-refractivity contribution is -0.113. The molecule has 3 rings (SSSR count). The van der Waals surface area contributed by atoms with Crippen molar-refractivity contribution in [2.45, 2.75) is 0 Å². The Labute approximate surface area is 173 Å². The predicted molar refractivity (Wildman–Crippen MR) is 115 cm³/mol. The van der Waals surface area contributed by atoms with Crippen molar-refractivity contribution in [2.75, 3.05) is 33.3 Å². The summed E-state index contributed by atoms with van der Waals surface area (Å²) in [4.78, 5) is 15.0. The number of rotatable bonds is 6. The first-order valence-electron chi connectivity index (χ1n) is 8.25. The van der Waals surface area contributed by atoms with Gasteiger partial charge in [-0.1, -0.05) is 36.1 Å². The number of carbonyl (C=O) groups is 1. The van der Waals surface area contributed by atoms with Crippen LogP contribution in [0, 0.1) is 0 Å². The fourth-order valence-electron chi connectivity index (χ4n) is 2.81. The number of thiocarbonyl (C=S) groups is 1. The molecule has 1 aliphatic rings. The third kappa shape index (κ3) is 3.65. The van der Waals surface area contributed by atoms with Crippen LogP contribution in [-0.2, 0) is 4.79 Å². The highest BCUT2D eigenvalue weighted by atomic mass is 32.2. The summed E-state index contributed by atoms with van der Waals surface area (Å²) >= 11 is 6.67. The summed E-state index contributed by atoms with van der Waals surface area (Å²) in [6, 6.07) is 10.7. The van der Waals surface area contributed by atoms with Gasteiger partial charge in [-0.2, -0.15) is 0 Å². The second kappa shape index (κ2) is 8.53. The minimum Gasteiger partial charge on any atom is -0.497 e. The quantitative estimate of drug-likeness (QED) is 0.517. The standard InChI is InChI=1S/C20H19NO5S2/c1-23-13-8-9-14(16(11-13)25-3)21-19(22)17(28-20(21)27)10-12-6-5-7-15(24-2)18(12)26-4/h5-11H,1-4H3. The molecule has 6 nitrogen and oxygen atoms in total. The van der Waals surface area contributed by atoms with Crippen molar-refractivity contribution in [1.82, 2.24) is 0 Å². The van der Waals surface area contributed by atoms with Gasteiger partial charge in [-0.15, -0.1) is 0 Å². The molecule has 1 saturated heterocycles. The number of hydrogen-bond donors (Lipinski definition) is 0. The zero-order chi connectivity index (χ0) is 20.3. The van der Waals surface area contributed by atoms with Gasteiger partial charge in [0, 0.05) is 11.6 Å². The second-order valence-electron chi connectivity index (χ2n) is 5.64. The lowest BCUT2D eigenvalue weighted by Gasteiger charge is -2.18. The first-order valence-corrected chi connectivity index (χ1v) is 9.47. The summed E-state index contributed by atoms with van der Waals surface area (Å²) in [5, 5.41) is 0. The normalized spacial score (nSPS) is 15.1. The number of ether oxygens (including phenoxy) is 4. The number of para-hydroxylation sites is 1. The highest BCUT2D eigenvalue weighted by Crippen LogP contribution is 2.42. The van der Waals surface area contributed by atoms with E-state index in [0.717, 1.165) is 5.56 Å². The van der Waals surface area contributed by atoms with Crippen LogP contribution in [0.1, 0.15) is 5.56 Å². The van der Waals surface area contributed by atoms with E-state index in [2.05, 4.69) is 0 Å². The van der Waals surface area contributed by atoms with Crippen LogP contribution < -0.4 is 23.8 Å². The summed E-state index contributed by atoms with van der Waals surface area (Å²) in [6.07, 6.45) is 1.75. The molecular formula is C20H19NO5S2. The van der Waals surface area contributed by atoms with Crippen molar-refractivity contribution in [1.29, 1.82) is 0 Å². The van der Waals surface area contributed by atoms with Gasteiger partial charge in [0.15, 0.2) is 15.8 Å². The zero-order valence-corrected chi connectivity index (χ0v) is 17.5. The van der Waals surface area contributed by atoms with Crippen molar-refractivity contribution < 1.29 is 23.7 Å². The molecule has 146 valence electrons. The molecule has 1 heterocycles. The minimum absolute atomic E-state index is 0.233. The Morgan fingerprint density at radius 2 is 1.71 bits per heavy atom. The van der Waals surface area contributed by atoms with Gasteiger partial charge in [0.1, 0.15) is 11.5 Å². The second-order valence-corrected chi connectivity index (χ2v) is 7.31. The minimum atomic E-state index is -0.233. The van der Waals surface area contributed by atoms with Gasteiger partial charge < -0.3 is 18.9 Å². The molecule has 0 aliphatic carbocycles. The number of hydrogen-bond acceptors (Lipinski definition) is 7. The molecule has 1 aliphatic heterocycles. The number of benzene rings is 2. The van der Waals surface area contributed by atoms with Crippen LogP contribution in [0.5, 0.6) is 23.0 Å². The average molecular weight is 418 g/mol. The smallest absolute Gasteiger partial charge is 0.270 e. The zero-order valence-electron chi connectivity index (χ0n) is 15.8. The topological polar surface area (TPSA) is 57.2 Å². The molecule has 0 atom stereocenters. The molecule has 2 aromatic rings. The molecule has 1 fully saturated rings. The summed E-state index contributed by atoms with van der Waals surface area (Å²) in [6.45, 7) is 0. The Bertz CT molecular complexity index is 958. The number of carbonyl (C=O) groups excluding carboxylic acids is 1. The van der Waals surface area contributed by atoms with Crippen molar-refractivity contribution >= 4 is 46.0 Å². The number of amides is 1. The Morgan fingerprint density at radius 3 is 2.36 bits per heavy atom. The fourth-order valence-corrected chi connectivity index (χ4v) is 4.09. The predicted octanol–water partition coefficient (Wildman–Crippen LogP) is 4.13. The monoisotopic (exact) mass is 417 g/mol. The van der Waals surface area contributed by atoms with Crippen LogP contribution in [0.3, 0.4) is 0 Å².